The summed E-state index contributed by atoms with van der Waals surface area (Å²) in [6.45, 7) is 0.655. The van der Waals surface area contributed by atoms with Gasteiger partial charge >= 0.3 is 0 Å². The molecular weight excluding hydrogens is 228 g/mol. The molecule has 2 atom stereocenters. The highest BCUT2D eigenvalue weighted by atomic mass is 16.3. The highest BCUT2D eigenvalue weighted by molar-refractivity contribution is 5.93. The van der Waals surface area contributed by atoms with Gasteiger partial charge in [0.15, 0.2) is 0 Å². The first kappa shape index (κ1) is 11.4. The molecule has 4 nitrogen and oxygen atoms in total. The maximum Gasteiger partial charge on any atom is 0.236 e. The summed E-state index contributed by atoms with van der Waals surface area (Å²) in [5.41, 5.74) is 1.38. The molecule has 0 saturated carbocycles. The number of carbonyl (C=O) groups is 1. The summed E-state index contributed by atoms with van der Waals surface area (Å²) in [5, 5.41) is 15.4. The van der Waals surface area contributed by atoms with Crippen LogP contribution < -0.4 is 10.6 Å². The second-order valence-corrected chi connectivity index (χ2v) is 4.93. The van der Waals surface area contributed by atoms with Crippen molar-refractivity contribution in [2.24, 2.45) is 5.41 Å². The van der Waals surface area contributed by atoms with Gasteiger partial charge in [0, 0.05) is 18.3 Å². The molecule has 4 heteroatoms. The van der Waals surface area contributed by atoms with E-state index in [9.17, 15) is 9.90 Å². The molecule has 18 heavy (non-hydrogen) atoms. The van der Waals surface area contributed by atoms with Gasteiger partial charge in [0.05, 0.1) is 12.0 Å². The Kier molecular flexibility index (Phi) is 2.69. The quantitative estimate of drug-likeness (QED) is 0.625. The van der Waals surface area contributed by atoms with Crippen LogP contribution in [0.4, 0.5) is 0 Å². The Balaban J connectivity index is 2.02. The predicted molar refractivity (Wildman–Crippen MR) is 68.5 cm³/mol. The molecule has 3 rings (SSSR count). The lowest BCUT2D eigenvalue weighted by Crippen LogP contribution is -2.36. The van der Waals surface area contributed by atoms with Crippen LogP contribution in [0.5, 0.6) is 0 Å². The molecule has 1 amide bonds. The van der Waals surface area contributed by atoms with Crippen molar-refractivity contribution in [2.75, 3.05) is 13.2 Å². The van der Waals surface area contributed by atoms with Crippen molar-refractivity contribution < 1.29 is 9.90 Å². The average molecular weight is 244 g/mol. The maximum atomic E-state index is 12.3. The third-order valence-electron chi connectivity index (χ3n) is 3.86. The number of carbonyl (C=O) groups excluding carboxylic acids is 1. The van der Waals surface area contributed by atoms with Crippen molar-refractivity contribution in [3.63, 3.8) is 0 Å². The first-order valence-corrected chi connectivity index (χ1v) is 6.18. The van der Waals surface area contributed by atoms with Crippen molar-refractivity contribution in [3.8, 4) is 0 Å². The Morgan fingerprint density at radius 2 is 2.06 bits per heavy atom. The SMILES string of the molecule is O=C1NC2=C(/C=C\C=C/C=C2)C12CNC(CO)C2. The fraction of sp³-hybridized carbons (Fsp3) is 0.357. The predicted octanol–water partition coefficient (Wildman–Crippen LogP) is 0.393. The lowest BCUT2D eigenvalue weighted by molar-refractivity contribution is -0.126. The smallest absolute Gasteiger partial charge is 0.236 e. The van der Waals surface area contributed by atoms with E-state index in [0.29, 0.717) is 13.0 Å². The average Bonchev–Trinajstić information content (AvgIpc) is 2.86. The molecule has 0 aromatic heterocycles. The van der Waals surface area contributed by atoms with Crippen molar-refractivity contribution in [2.45, 2.75) is 12.5 Å². The molecule has 3 N–H and O–H groups in total. The molecule has 0 bridgehead atoms. The standard InChI is InChI=1S/C14H16N2O2/c17-8-10-7-14(9-15-10)11-5-3-1-2-4-6-12(11)16-13(14)18/h1-6,10,15,17H,7-9H2,(H,16,18)/b2-1-,3-1?,4-2?,5-3-,6-4?,11-5?,12-6?. The molecule has 2 aliphatic heterocycles. The van der Waals surface area contributed by atoms with Gasteiger partial charge in [-0.05, 0) is 18.1 Å². The van der Waals surface area contributed by atoms with Gasteiger partial charge in [-0.2, -0.15) is 0 Å². The van der Waals surface area contributed by atoms with E-state index < -0.39 is 5.41 Å². The van der Waals surface area contributed by atoms with Gasteiger partial charge in [-0.25, -0.2) is 0 Å². The van der Waals surface area contributed by atoms with Crippen molar-refractivity contribution in [3.05, 3.63) is 47.7 Å². The van der Waals surface area contributed by atoms with Gasteiger partial charge in [-0.3, -0.25) is 4.79 Å². The van der Waals surface area contributed by atoms with Gasteiger partial charge in [0.25, 0.3) is 0 Å². The van der Waals surface area contributed by atoms with Crippen LogP contribution >= 0.6 is 0 Å². The molecular formula is C14H16N2O2. The van der Waals surface area contributed by atoms with Crippen molar-refractivity contribution in [1.82, 2.24) is 10.6 Å². The molecule has 1 fully saturated rings. The van der Waals surface area contributed by atoms with Gasteiger partial charge in [0.2, 0.25) is 5.91 Å². The number of rotatable bonds is 1. The Morgan fingerprint density at radius 3 is 2.78 bits per heavy atom. The molecule has 0 aromatic rings. The lowest BCUT2D eigenvalue weighted by Gasteiger charge is -2.21. The third-order valence-corrected chi connectivity index (χ3v) is 3.86. The van der Waals surface area contributed by atoms with Crippen LogP contribution in [0.2, 0.25) is 0 Å². The molecule has 1 spiro atoms. The first-order valence-electron chi connectivity index (χ1n) is 6.18. The monoisotopic (exact) mass is 244 g/mol. The van der Waals surface area contributed by atoms with Crippen LogP contribution in [0.15, 0.2) is 47.7 Å². The van der Waals surface area contributed by atoms with E-state index in [1.165, 1.54) is 0 Å². The molecule has 94 valence electrons. The number of hydrogen-bond donors (Lipinski definition) is 3. The minimum atomic E-state index is -0.519. The van der Waals surface area contributed by atoms with Gasteiger partial charge < -0.3 is 15.7 Å². The molecule has 3 aliphatic rings. The highest BCUT2D eigenvalue weighted by Crippen LogP contribution is 2.43. The third kappa shape index (κ3) is 1.57. The van der Waals surface area contributed by atoms with Crippen LogP contribution in [-0.4, -0.2) is 30.2 Å². The summed E-state index contributed by atoms with van der Waals surface area (Å²) < 4.78 is 0. The van der Waals surface area contributed by atoms with Crippen molar-refractivity contribution in [1.29, 1.82) is 0 Å². The first-order chi connectivity index (χ1) is 8.76. The zero-order valence-electron chi connectivity index (χ0n) is 10.0. The van der Waals surface area contributed by atoms with Gasteiger partial charge in [-0.15, -0.1) is 0 Å². The van der Waals surface area contributed by atoms with E-state index in [1.807, 2.05) is 36.5 Å². The van der Waals surface area contributed by atoms with E-state index in [4.69, 9.17) is 0 Å². The van der Waals surface area contributed by atoms with Crippen LogP contribution in [-0.2, 0) is 4.79 Å². The zero-order valence-corrected chi connectivity index (χ0v) is 10.0. The highest BCUT2D eigenvalue weighted by Gasteiger charge is 2.51. The lowest BCUT2D eigenvalue weighted by atomic mass is 9.78. The fourth-order valence-electron chi connectivity index (χ4n) is 2.89. The van der Waals surface area contributed by atoms with E-state index in [2.05, 4.69) is 10.6 Å². The molecule has 0 aromatic carbocycles. The summed E-state index contributed by atoms with van der Waals surface area (Å²) in [6, 6.07) is 0.000891. The van der Waals surface area contributed by atoms with Crippen molar-refractivity contribution >= 4 is 5.91 Å². The number of amides is 1. The minimum Gasteiger partial charge on any atom is -0.395 e. The summed E-state index contributed by atoms with van der Waals surface area (Å²) in [7, 11) is 0. The summed E-state index contributed by atoms with van der Waals surface area (Å²) in [6.07, 6.45) is 12.3. The number of allylic oxidation sites excluding steroid dienone is 6. The summed E-state index contributed by atoms with van der Waals surface area (Å²) >= 11 is 0. The Hall–Kier alpha value is -1.65. The maximum absolute atomic E-state index is 12.3. The normalized spacial score (nSPS) is 37.4. The number of aliphatic hydroxyl groups is 1. The van der Waals surface area contributed by atoms with E-state index >= 15 is 0 Å². The number of aliphatic hydroxyl groups excluding tert-OH is 1. The largest absolute Gasteiger partial charge is 0.395 e. The second-order valence-electron chi connectivity index (χ2n) is 4.93. The van der Waals surface area contributed by atoms with E-state index in [0.717, 1.165) is 11.3 Å². The summed E-state index contributed by atoms with van der Waals surface area (Å²) in [4.78, 5) is 12.3. The summed E-state index contributed by atoms with van der Waals surface area (Å²) in [5.74, 6) is 0.0344. The van der Waals surface area contributed by atoms with Crippen LogP contribution in [0.3, 0.4) is 0 Å². The Bertz CT molecular complexity index is 502. The molecule has 2 heterocycles. The Morgan fingerprint density at radius 1 is 1.28 bits per heavy atom. The number of nitrogens with one attached hydrogen (secondary N) is 2. The Labute approximate surface area is 106 Å². The second kappa shape index (κ2) is 4.23. The molecule has 1 saturated heterocycles. The van der Waals surface area contributed by atoms with Crippen LogP contribution in [0.1, 0.15) is 6.42 Å². The fourth-order valence-corrected chi connectivity index (χ4v) is 2.89. The number of hydrogen-bond acceptors (Lipinski definition) is 3. The zero-order chi connectivity index (χ0) is 12.6. The molecule has 0 radical (unpaired) electrons. The minimum absolute atomic E-state index is 0.000891. The van der Waals surface area contributed by atoms with Gasteiger partial charge in [-0.1, -0.05) is 30.4 Å². The topological polar surface area (TPSA) is 61.4 Å². The number of fused-ring (bicyclic) bond motifs is 1. The van der Waals surface area contributed by atoms with E-state index in [-0.39, 0.29) is 18.6 Å². The molecule has 2 unspecified atom stereocenters. The molecule has 1 aliphatic carbocycles. The van der Waals surface area contributed by atoms with Gasteiger partial charge in [0.1, 0.15) is 0 Å². The van der Waals surface area contributed by atoms with E-state index in [1.54, 1.807) is 0 Å². The van der Waals surface area contributed by atoms with Crippen LogP contribution in [0, 0.1) is 5.41 Å². The van der Waals surface area contributed by atoms with Crippen LogP contribution in [0.25, 0.3) is 0 Å².